The standard InChI is InChI=1S/C15H28N2O4/c1-4-7-17(8-5-2)14(18)9-16(6-3)13-11-21-10-12(13)15(19)20/h12-13H,4-11H2,1-3H3,(H,19,20). The van der Waals surface area contributed by atoms with E-state index in [1.807, 2.05) is 16.7 Å². The van der Waals surface area contributed by atoms with Crippen LogP contribution in [0.25, 0.3) is 0 Å². The fourth-order valence-electron chi connectivity index (χ4n) is 2.78. The molecule has 0 radical (unpaired) electrons. The number of hydrogen-bond donors (Lipinski definition) is 1. The van der Waals surface area contributed by atoms with Crippen molar-refractivity contribution in [3.8, 4) is 0 Å². The normalized spacial score (nSPS) is 21.7. The minimum atomic E-state index is -0.845. The topological polar surface area (TPSA) is 70.1 Å². The Labute approximate surface area is 127 Å². The largest absolute Gasteiger partial charge is 0.481 e. The van der Waals surface area contributed by atoms with Crippen molar-refractivity contribution in [1.29, 1.82) is 0 Å². The first kappa shape index (κ1) is 17.9. The predicted octanol–water partition coefficient (Wildman–Crippen LogP) is 1.06. The first-order chi connectivity index (χ1) is 10.0. The van der Waals surface area contributed by atoms with Gasteiger partial charge >= 0.3 is 5.97 Å². The fourth-order valence-corrected chi connectivity index (χ4v) is 2.78. The van der Waals surface area contributed by atoms with E-state index in [0.717, 1.165) is 25.9 Å². The number of aliphatic carboxylic acids is 1. The number of carbonyl (C=O) groups excluding carboxylic acids is 1. The number of rotatable bonds is 9. The molecule has 1 heterocycles. The number of ether oxygens (including phenoxy) is 1. The summed E-state index contributed by atoms with van der Waals surface area (Å²) < 4.78 is 5.30. The second-order valence-corrected chi connectivity index (χ2v) is 5.49. The van der Waals surface area contributed by atoms with Gasteiger partial charge in [-0.2, -0.15) is 0 Å². The number of amides is 1. The molecule has 0 aromatic rings. The molecule has 21 heavy (non-hydrogen) atoms. The Bertz CT molecular complexity index is 343. The third-order valence-corrected chi connectivity index (χ3v) is 3.92. The Kier molecular flexibility index (Phi) is 7.67. The van der Waals surface area contributed by atoms with Gasteiger partial charge in [-0.15, -0.1) is 0 Å². The van der Waals surface area contributed by atoms with Crippen LogP contribution in [0.1, 0.15) is 33.6 Å². The van der Waals surface area contributed by atoms with Crippen LogP contribution in [0.2, 0.25) is 0 Å². The Morgan fingerprint density at radius 2 is 1.76 bits per heavy atom. The van der Waals surface area contributed by atoms with Crippen molar-refractivity contribution in [2.24, 2.45) is 5.92 Å². The molecule has 0 aliphatic carbocycles. The van der Waals surface area contributed by atoms with Gasteiger partial charge in [-0.25, -0.2) is 0 Å². The van der Waals surface area contributed by atoms with Crippen molar-refractivity contribution >= 4 is 11.9 Å². The molecule has 0 aromatic heterocycles. The first-order valence-electron chi connectivity index (χ1n) is 7.87. The van der Waals surface area contributed by atoms with E-state index in [9.17, 15) is 14.7 Å². The van der Waals surface area contributed by atoms with E-state index in [1.54, 1.807) is 0 Å². The van der Waals surface area contributed by atoms with Crippen molar-refractivity contribution < 1.29 is 19.4 Å². The number of likely N-dealkylation sites (N-methyl/N-ethyl adjacent to an activating group) is 1. The molecule has 2 atom stereocenters. The maximum atomic E-state index is 12.4. The zero-order valence-electron chi connectivity index (χ0n) is 13.4. The molecule has 1 rings (SSSR count). The molecule has 2 unspecified atom stereocenters. The predicted molar refractivity (Wildman–Crippen MR) is 80.1 cm³/mol. The van der Waals surface area contributed by atoms with Gasteiger partial charge in [-0.05, 0) is 19.4 Å². The Balaban J connectivity index is 2.67. The minimum absolute atomic E-state index is 0.0802. The molecule has 1 fully saturated rings. The summed E-state index contributed by atoms with van der Waals surface area (Å²) in [7, 11) is 0. The Morgan fingerprint density at radius 3 is 2.24 bits per heavy atom. The second-order valence-electron chi connectivity index (χ2n) is 5.49. The van der Waals surface area contributed by atoms with E-state index in [0.29, 0.717) is 13.2 Å². The average Bonchev–Trinajstić information content (AvgIpc) is 2.93. The molecule has 1 amide bonds. The van der Waals surface area contributed by atoms with Gasteiger partial charge in [0.15, 0.2) is 0 Å². The highest BCUT2D eigenvalue weighted by atomic mass is 16.5. The molecule has 1 saturated heterocycles. The van der Waals surface area contributed by atoms with Crippen LogP contribution in [0.15, 0.2) is 0 Å². The van der Waals surface area contributed by atoms with Crippen LogP contribution in [0, 0.1) is 5.92 Å². The summed E-state index contributed by atoms with van der Waals surface area (Å²) in [6.07, 6.45) is 1.87. The first-order valence-corrected chi connectivity index (χ1v) is 7.87. The summed E-state index contributed by atoms with van der Waals surface area (Å²) in [6, 6.07) is -0.207. The summed E-state index contributed by atoms with van der Waals surface area (Å²) in [5.74, 6) is -1.30. The number of carboxylic acids is 1. The molecular formula is C15H28N2O4. The third-order valence-electron chi connectivity index (χ3n) is 3.92. The molecule has 6 nitrogen and oxygen atoms in total. The molecule has 0 spiro atoms. The van der Waals surface area contributed by atoms with Crippen LogP contribution in [0.3, 0.4) is 0 Å². The summed E-state index contributed by atoms with van der Waals surface area (Å²) in [6.45, 7) is 9.12. The molecule has 122 valence electrons. The van der Waals surface area contributed by atoms with Gasteiger partial charge in [-0.3, -0.25) is 14.5 Å². The van der Waals surface area contributed by atoms with Crippen LogP contribution in [-0.2, 0) is 14.3 Å². The smallest absolute Gasteiger partial charge is 0.310 e. The lowest BCUT2D eigenvalue weighted by molar-refractivity contribution is -0.144. The van der Waals surface area contributed by atoms with E-state index in [1.165, 1.54) is 0 Å². The molecule has 1 aliphatic rings. The lowest BCUT2D eigenvalue weighted by atomic mass is 10.0. The second kappa shape index (κ2) is 9.00. The van der Waals surface area contributed by atoms with E-state index in [2.05, 4.69) is 13.8 Å². The van der Waals surface area contributed by atoms with Crippen molar-refractivity contribution in [1.82, 2.24) is 9.80 Å². The fraction of sp³-hybridized carbons (Fsp3) is 0.867. The van der Waals surface area contributed by atoms with Crippen LogP contribution < -0.4 is 0 Å². The average molecular weight is 300 g/mol. The van der Waals surface area contributed by atoms with Crippen LogP contribution in [0.5, 0.6) is 0 Å². The number of carboxylic acid groups (broad SMARTS) is 1. The van der Waals surface area contributed by atoms with Crippen molar-refractivity contribution in [3.05, 3.63) is 0 Å². The third kappa shape index (κ3) is 4.97. The highest BCUT2D eigenvalue weighted by Gasteiger charge is 2.38. The van der Waals surface area contributed by atoms with Gasteiger partial charge in [0.05, 0.1) is 25.7 Å². The molecule has 0 bridgehead atoms. The molecule has 1 N–H and O–H groups in total. The van der Waals surface area contributed by atoms with Crippen molar-refractivity contribution in [3.63, 3.8) is 0 Å². The quantitative estimate of drug-likeness (QED) is 0.689. The molecule has 0 aromatic carbocycles. The highest BCUT2D eigenvalue weighted by molar-refractivity contribution is 5.78. The van der Waals surface area contributed by atoms with Gasteiger partial charge in [0.25, 0.3) is 0 Å². The lowest BCUT2D eigenvalue weighted by Gasteiger charge is -2.31. The number of hydrogen-bond acceptors (Lipinski definition) is 4. The zero-order chi connectivity index (χ0) is 15.8. The molecule has 0 saturated carbocycles. The van der Waals surface area contributed by atoms with E-state index in [4.69, 9.17) is 4.74 Å². The monoisotopic (exact) mass is 300 g/mol. The van der Waals surface area contributed by atoms with Gasteiger partial charge in [-0.1, -0.05) is 20.8 Å². The summed E-state index contributed by atoms with van der Waals surface area (Å²) in [5, 5.41) is 9.24. The Morgan fingerprint density at radius 1 is 1.14 bits per heavy atom. The number of carbonyl (C=O) groups is 2. The summed E-state index contributed by atoms with van der Waals surface area (Å²) in [5.41, 5.74) is 0. The van der Waals surface area contributed by atoms with Gasteiger partial charge < -0.3 is 14.7 Å². The van der Waals surface area contributed by atoms with E-state index < -0.39 is 11.9 Å². The van der Waals surface area contributed by atoms with Gasteiger partial charge in [0.1, 0.15) is 0 Å². The van der Waals surface area contributed by atoms with Crippen molar-refractivity contribution in [2.75, 3.05) is 39.4 Å². The van der Waals surface area contributed by atoms with E-state index in [-0.39, 0.29) is 25.1 Å². The van der Waals surface area contributed by atoms with Crippen LogP contribution in [-0.4, -0.2) is 72.2 Å². The lowest BCUT2D eigenvalue weighted by Crippen LogP contribution is -2.48. The highest BCUT2D eigenvalue weighted by Crippen LogP contribution is 2.20. The van der Waals surface area contributed by atoms with Crippen LogP contribution in [0.4, 0.5) is 0 Å². The maximum Gasteiger partial charge on any atom is 0.310 e. The minimum Gasteiger partial charge on any atom is -0.481 e. The SMILES string of the molecule is CCCN(CCC)C(=O)CN(CC)C1COCC1C(=O)O. The Hall–Kier alpha value is -1.14. The maximum absolute atomic E-state index is 12.4. The van der Waals surface area contributed by atoms with Gasteiger partial charge in [0, 0.05) is 19.1 Å². The van der Waals surface area contributed by atoms with Crippen molar-refractivity contribution in [2.45, 2.75) is 39.7 Å². The number of nitrogens with zero attached hydrogens (tertiary/aromatic N) is 2. The summed E-state index contributed by atoms with van der Waals surface area (Å²) in [4.78, 5) is 27.5. The molecule has 6 heteroatoms. The summed E-state index contributed by atoms with van der Waals surface area (Å²) >= 11 is 0. The molecule has 1 aliphatic heterocycles. The van der Waals surface area contributed by atoms with Crippen LogP contribution >= 0.6 is 0 Å². The van der Waals surface area contributed by atoms with E-state index >= 15 is 0 Å². The zero-order valence-corrected chi connectivity index (χ0v) is 13.4. The van der Waals surface area contributed by atoms with Gasteiger partial charge in [0.2, 0.25) is 5.91 Å². The molecular weight excluding hydrogens is 272 g/mol.